The van der Waals surface area contributed by atoms with Gasteiger partial charge in [-0.1, -0.05) is 52.0 Å². The molecule has 5 heteroatoms. The van der Waals surface area contributed by atoms with E-state index in [-0.39, 0.29) is 23.8 Å². The average molecular weight is 409 g/mol. The number of amides is 2. The van der Waals surface area contributed by atoms with E-state index in [2.05, 4.69) is 33.0 Å². The quantitative estimate of drug-likeness (QED) is 0.768. The molecule has 0 atom stereocenters. The fourth-order valence-electron chi connectivity index (χ4n) is 3.55. The Labute approximate surface area is 179 Å². The van der Waals surface area contributed by atoms with Crippen molar-refractivity contribution in [2.75, 3.05) is 25.0 Å². The van der Waals surface area contributed by atoms with E-state index >= 15 is 0 Å². The van der Waals surface area contributed by atoms with E-state index in [1.165, 1.54) is 5.56 Å². The summed E-state index contributed by atoms with van der Waals surface area (Å²) >= 11 is 0. The van der Waals surface area contributed by atoms with Crippen LogP contribution in [0.25, 0.3) is 0 Å². The lowest BCUT2D eigenvalue weighted by Crippen LogP contribution is -2.38. The van der Waals surface area contributed by atoms with Gasteiger partial charge in [-0.05, 0) is 54.0 Å². The molecule has 0 unspecified atom stereocenters. The topological polar surface area (TPSA) is 58.6 Å². The number of hydrogen-bond donors (Lipinski definition) is 1. The number of carbonyl (C=O) groups is 2. The molecule has 0 radical (unpaired) electrons. The largest absolute Gasteiger partial charge is 0.484 e. The summed E-state index contributed by atoms with van der Waals surface area (Å²) in [6, 6.07) is 14.9. The van der Waals surface area contributed by atoms with E-state index in [1.807, 2.05) is 41.3 Å². The van der Waals surface area contributed by atoms with E-state index < -0.39 is 0 Å². The van der Waals surface area contributed by atoms with Crippen LogP contribution in [0.1, 0.15) is 56.5 Å². The summed E-state index contributed by atoms with van der Waals surface area (Å²) in [5, 5.41) is 2.83. The summed E-state index contributed by atoms with van der Waals surface area (Å²) < 4.78 is 5.63. The summed E-state index contributed by atoms with van der Waals surface area (Å²) in [4.78, 5) is 27.3. The van der Waals surface area contributed by atoms with Crippen LogP contribution in [0.3, 0.4) is 0 Å². The molecule has 1 aliphatic rings. The highest BCUT2D eigenvalue weighted by atomic mass is 16.5. The third kappa shape index (κ3) is 5.62. The van der Waals surface area contributed by atoms with Crippen molar-refractivity contribution in [3.05, 3.63) is 59.7 Å². The Kier molecular flexibility index (Phi) is 6.80. The molecule has 2 aromatic rings. The van der Waals surface area contributed by atoms with Gasteiger partial charge in [-0.3, -0.25) is 9.59 Å². The van der Waals surface area contributed by atoms with Crippen molar-refractivity contribution in [1.82, 2.24) is 4.90 Å². The molecule has 1 fully saturated rings. The minimum Gasteiger partial charge on any atom is -0.484 e. The molecule has 3 rings (SSSR count). The fourth-order valence-corrected chi connectivity index (χ4v) is 3.55. The van der Waals surface area contributed by atoms with E-state index in [9.17, 15) is 9.59 Å². The lowest BCUT2D eigenvalue weighted by Gasteiger charge is -2.30. The smallest absolute Gasteiger partial charge is 0.262 e. The van der Waals surface area contributed by atoms with Gasteiger partial charge in [0.05, 0.1) is 11.3 Å². The standard InChI is InChI=1S/C25H32N2O3/c1-18-13-15-27(16-14-18)24(29)21-7-5-6-8-22(21)26-23(28)17-30-20-11-9-19(10-12-20)25(2,3)4/h5-12,18H,13-17H2,1-4H3,(H,26,28). The van der Waals surface area contributed by atoms with Crippen LogP contribution in [0, 0.1) is 5.92 Å². The minimum atomic E-state index is -0.289. The second kappa shape index (κ2) is 9.33. The molecule has 0 spiro atoms. The number of piperidine rings is 1. The highest BCUT2D eigenvalue weighted by molar-refractivity contribution is 6.04. The molecular weight excluding hydrogens is 376 g/mol. The van der Waals surface area contributed by atoms with Crippen molar-refractivity contribution < 1.29 is 14.3 Å². The molecule has 2 amide bonds. The Bertz CT molecular complexity index is 876. The molecule has 1 aliphatic heterocycles. The summed E-state index contributed by atoms with van der Waals surface area (Å²) in [6.45, 7) is 10.1. The summed E-state index contributed by atoms with van der Waals surface area (Å²) in [5.41, 5.74) is 2.32. The van der Waals surface area contributed by atoms with Gasteiger partial charge in [0.2, 0.25) is 0 Å². The van der Waals surface area contributed by atoms with Gasteiger partial charge in [0, 0.05) is 13.1 Å². The number of carbonyl (C=O) groups excluding carboxylic acids is 2. The molecule has 1 N–H and O–H groups in total. The van der Waals surface area contributed by atoms with Gasteiger partial charge in [-0.2, -0.15) is 0 Å². The van der Waals surface area contributed by atoms with Crippen LogP contribution >= 0.6 is 0 Å². The van der Waals surface area contributed by atoms with Crippen LogP contribution < -0.4 is 10.1 Å². The van der Waals surface area contributed by atoms with Gasteiger partial charge in [0.15, 0.2) is 6.61 Å². The van der Waals surface area contributed by atoms with Crippen molar-refractivity contribution in [3.8, 4) is 5.75 Å². The zero-order valence-electron chi connectivity index (χ0n) is 18.4. The first-order valence-corrected chi connectivity index (χ1v) is 10.7. The highest BCUT2D eigenvalue weighted by Crippen LogP contribution is 2.25. The van der Waals surface area contributed by atoms with Crippen LogP contribution in [0.5, 0.6) is 5.75 Å². The van der Waals surface area contributed by atoms with Gasteiger partial charge in [-0.25, -0.2) is 0 Å². The predicted molar refractivity (Wildman–Crippen MR) is 120 cm³/mol. The Balaban J connectivity index is 1.60. The number of rotatable bonds is 5. The van der Waals surface area contributed by atoms with Crippen LogP contribution in [0.2, 0.25) is 0 Å². The average Bonchev–Trinajstić information content (AvgIpc) is 2.72. The molecule has 30 heavy (non-hydrogen) atoms. The number of benzene rings is 2. The molecule has 2 aromatic carbocycles. The summed E-state index contributed by atoms with van der Waals surface area (Å²) in [6.07, 6.45) is 2.03. The Hall–Kier alpha value is -2.82. The number of para-hydroxylation sites is 1. The number of hydrogen-bond acceptors (Lipinski definition) is 3. The fraction of sp³-hybridized carbons (Fsp3) is 0.440. The molecule has 0 bridgehead atoms. The first-order chi connectivity index (χ1) is 14.2. The van der Waals surface area contributed by atoms with E-state index in [0.29, 0.717) is 22.9 Å². The molecule has 160 valence electrons. The Morgan fingerprint density at radius 2 is 1.67 bits per heavy atom. The number of nitrogens with zero attached hydrogens (tertiary/aromatic N) is 1. The Morgan fingerprint density at radius 1 is 1.03 bits per heavy atom. The maximum Gasteiger partial charge on any atom is 0.262 e. The van der Waals surface area contributed by atoms with Gasteiger partial charge >= 0.3 is 0 Å². The van der Waals surface area contributed by atoms with Crippen LogP contribution in [0.4, 0.5) is 5.69 Å². The highest BCUT2D eigenvalue weighted by Gasteiger charge is 2.23. The van der Waals surface area contributed by atoms with Gasteiger partial charge < -0.3 is 15.0 Å². The summed E-state index contributed by atoms with van der Waals surface area (Å²) in [5.74, 6) is 0.974. The van der Waals surface area contributed by atoms with E-state index in [1.54, 1.807) is 12.1 Å². The number of nitrogens with one attached hydrogen (secondary N) is 1. The molecular formula is C25H32N2O3. The zero-order chi connectivity index (χ0) is 21.7. The van der Waals surface area contributed by atoms with E-state index in [0.717, 1.165) is 25.9 Å². The normalized spacial score (nSPS) is 15.0. The Morgan fingerprint density at radius 3 is 2.30 bits per heavy atom. The lowest BCUT2D eigenvalue weighted by molar-refractivity contribution is -0.118. The second-order valence-corrected chi connectivity index (χ2v) is 9.13. The molecule has 0 saturated carbocycles. The van der Waals surface area contributed by atoms with Crippen molar-refractivity contribution >= 4 is 17.5 Å². The van der Waals surface area contributed by atoms with Crippen molar-refractivity contribution in [1.29, 1.82) is 0 Å². The third-order valence-electron chi connectivity index (χ3n) is 5.59. The second-order valence-electron chi connectivity index (χ2n) is 9.13. The predicted octanol–water partition coefficient (Wildman–Crippen LogP) is 4.87. The SMILES string of the molecule is CC1CCN(C(=O)c2ccccc2NC(=O)COc2ccc(C(C)(C)C)cc2)CC1. The van der Waals surface area contributed by atoms with Crippen molar-refractivity contribution in [3.63, 3.8) is 0 Å². The van der Waals surface area contributed by atoms with Crippen LogP contribution in [0.15, 0.2) is 48.5 Å². The van der Waals surface area contributed by atoms with Crippen LogP contribution in [-0.2, 0) is 10.2 Å². The monoisotopic (exact) mass is 408 g/mol. The first-order valence-electron chi connectivity index (χ1n) is 10.7. The number of likely N-dealkylation sites (tertiary alicyclic amines) is 1. The minimum absolute atomic E-state index is 0.0310. The maximum absolute atomic E-state index is 12.9. The van der Waals surface area contributed by atoms with Gasteiger partial charge in [0.25, 0.3) is 11.8 Å². The van der Waals surface area contributed by atoms with E-state index in [4.69, 9.17) is 4.74 Å². The zero-order valence-corrected chi connectivity index (χ0v) is 18.4. The number of anilines is 1. The summed E-state index contributed by atoms with van der Waals surface area (Å²) in [7, 11) is 0. The molecule has 1 saturated heterocycles. The van der Waals surface area contributed by atoms with Crippen molar-refractivity contribution in [2.24, 2.45) is 5.92 Å². The first kappa shape index (κ1) is 21.9. The van der Waals surface area contributed by atoms with Gasteiger partial charge in [0.1, 0.15) is 5.75 Å². The maximum atomic E-state index is 12.9. The number of ether oxygens (including phenoxy) is 1. The molecule has 1 heterocycles. The lowest BCUT2D eigenvalue weighted by atomic mass is 9.87. The molecule has 0 aromatic heterocycles. The van der Waals surface area contributed by atoms with Gasteiger partial charge in [-0.15, -0.1) is 0 Å². The third-order valence-corrected chi connectivity index (χ3v) is 5.59. The molecule has 0 aliphatic carbocycles. The van der Waals surface area contributed by atoms with Crippen molar-refractivity contribution in [2.45, 2.75) is 46.0 Å². The van der Waals surface area contributed by atoms with Crippen LogP contribution in [-0.4, -0.2) is 36.4 Å². The molecule has 5 nitrogen and oxygen atoms in total.